The van der Waals surface area contributed by atoms with Gasteiger partial charge < -0.3 is 20.7 Å². The fourth-order valence-corrected chi connectivity index (χ4v) is 3.28. The largest absolute Gasteiger partial charge is 0.489 e. The second-order valence-electron chi connectivity index (χ2n) is 7.02. The van der Waals surface area contributed by atoms with Gasteiger partial charge in [-0.2, -0.15) is 0 Å². The number of nitrogens with zero attached hydrogens (tertiary/aromatic N) is 1. The van der Waals surface area contributed by atoms with Crippen molar-refractivity contribution in [2.45, 2.75) is 32.3 Å². The summed E-state index contributed by atoms with van der Waals surface area (Å²) in [5, 5.41) is 9.45. The molecule has 0 fully saturated rings. The van der Waals surface area contributed by atoms with Crippen LogP contribution < -0.4 is 20.7 Å². The van der Waals surface area contributed by atoms with Crippen LogP contribution in [0.2, 0.25) is 0 Å². The lowest BCUT2D eigenvalue weighted by atomic mass is 9.90. The molecule has 2 atom stereocenters. The molecule has 0 aromatic heterocycles. The fraction of sp³-hybridized carbons (Fsp3) is 0.364. The highest BCUT2D eigenvalue weighted by molar-refractivity contribution is 14.0. The number of benzene rings is 2. The van der Waals surface area contributed by atoms with Crippen LogP contribution in [0.25, 0.3) is 0 Å². The fourth-order valence-electron chi connectivity index (χ4n) is 3.28. The normalized spacial score (nSPS) is 16.6. The molecule has 30 heavy (non-hydrogen) atoms. The van der Waals surface area contributed by atoms with Crippen molar-refractivity contribution < 1.29 is 13.9 Å². The number of fused-ring (bicyclic) bond motifs is 1. The van der Waals surface area contributed by atoms with E-state index >= 15 is 0 Å². The van der Waals surface area contributed by atoms with Crippen molar-refractivity contribution in [3.8, 4) is 5.75 Å². The van der Waals surface area contributed by atoms with Crippen molar-refractivity contribution in [2.24, 2.45) is 4.99 Å². The monoisotopic (exact) mass is 526 g/mol. The lowest BCUT2D eigenvalue weighted by Crippen LogP contribution is -2.41. The molecule has 6 nitrogen and oxygen atoms in total. The van der Waals surface area contributed by atoms with E-state index in [9.17, 15) is 9.18 Å². The molecule has 0 spiro atoms. The Morgan fingerprint density at radius 2 is 2.07 bits per heavy atom. The molecule has 0 saturated carbocycles. The van der Waals surface area contributed by atoms with Crippen LogP contribution in [0.5, 0.6) is 5.75 Å². The van der Waals surface area contributed by atoms with Crippen LogP contribution in [0.1, 0.15) is 31.7 Å². The molecule has 8 heteroatoms. The standard InChI is InChI=1S/C22H27FN4O2.HI/c1-3-24-22(25-13-15(2)29-18-8-6-7-17(23)12-18)26-14-16-11-21(28)27-20-10-5-4-9-19(16)20;/h4-10,12,15-16H,3,11,13-14H2,1-2H3,(H,27,28)(H2,24,25,26);1H. The molecule has 2 unspecified atom stereocenters. The molecule has 0 bridgehead atoms. The number of para-hydroxylation sites is 1. The third kappa shape index (κ3) is 6.86. The van der Waals surface area contributed by atoms with E-state index in [0.29, 0.717) is 37.8 Å². The zero-order valence-electron chi connectivity index (χ0n) is 17.2. The summed E-state index contributed by atoms with van der Waals surface area (Å²) in [6.45, 7) is 5.60. The molecule has 0 radical (unpaired) electrons. The van der Waals surface area contributed by atoms with Crippen LogP contribution in [0.4, 0.5) is 10.1 Å². The highest BCUT2D eigenvalue weighted by atomic mass is 127. The first-order valence-electron chi connectivity index (χ1n) is 9.88. The van der Waals surface area contributed by atoms with Gasteiger partial charge in [-0.05, 0) is 37.6 Å². The quantitative estimate of drug-likeness (QED) is 0.291. The van der Waals surface area contributed by atoms with Gasteiger partial charge in [0.2, 0.25) is 5.91 Å². The van der Waals surface area contributed by atoms with E-state index in [2.05, 4.69) is 20.9 Å². The Hall–Kier alpha value is -2.36. The zero-order chi connectivity index (χ0) is 20.6. The maximum Gasteiger partial charge on any atom is 0.225 e. The molecular weight excluding hydrogens is 498 g/mol. The summed E-state index contributed by atoms with van der Waals surface area (Å²) in [7, 11) is 0. The topological polar surface area (TPSA) is 74.8 Å². The first-order valence-corrected chi connectivity index (χ1v) is 9.88. The number of carbonyl (C=O) groups is 1. The molecule has 0 aliphatic carbocycles. The van der Waals surface area contributed by atoms with Crippen LogP contribution in [-0.2, 0) is 4.79 Å². The number of amides is 1. The number of ether oxygens (including phenoxy) is 1. The number of hydrogen-bond acceptors (Lipinski definition) is 3. The third-order valence-electron chi connectivity index (χ3n) is 4.61. The number of carbonyl (C=O) groups excluding carboxylic acids is 1. The Balaban J connectivity index is 0.00000320. The van der Waals surface area contributed by atoms with E-state index in [0.717, 1.165) is 11.3 Å². The second kappa shape index (κ2) is 11.7. The molecule has 162 valence electrons. The van der Waals surface area contributed by atoms with E-state index in [1.165, 1.54) is 12.1 Å². The van der Waals surface area contributed by atoms with Gasteiger partial charge in [0.1, 0.15) is 17.7 Å². The molecule has 1 amide bonds. The molecule has 1 aliphatic heterocycles. The molecule has 3 rings (SSSR count). The van der Waals surface area contributed by atoms with E-state index in [4.69, 9.17) is 4.74 Å². The van der Waals surface area contributed by atoms with Gasteiger partial charge in [0, 0.05) is 37.2 Å². The van der Waals surface area contributed by atoms with Gasteiger partial charge in [-0.15, -0.1) is 24.0 Å². The molecule has 1 aliphatic rings. The number of anilines is 1. The van der Waals surface area contributed by atoms with Crippen LogP contribution in [0, 0.1) is 5.82 Å². The molecule has 3 N–H and O–H groups in total. The Labute approximate surface area is 193 Å². The molecule has 2 aromatic rings. The first kappa shape index (κ1) is 23.9. The Morgan fingerprint density at radius 3 is 2.83 bits per heavy atom. The van der Waals surface area contributed by atoms with Gasteiger partial charge in [-0.25, -0.2) is 9.38 Å². The van der Waals surface area contributed by atoms with Gasteiger partial charge in [-0.1, -0.05) is 24.3 Å². The van der Waals surface area contributed by atoms with Gasteiger partial charge in [0.05, 0.1) is 6.54 Å². The lowest BCUT2D eigenvalue weighted by molar-refractivity contribution is -0.116. The number of rotatable bonds is 7. The van der Waals surface area contributed by atoms with Crippen molar-refractivity contribution in [3.63, 3.8) is 0 Å². The summed E-state index contributed by atoms with van der Waals surface area (Å²) < 4.78 is 19.0. The summed E-state index contributed by atoms with van der Waals surface area (Å²) in [6, 6.07) is 13.9. The maximum absolute atomic E-state index is 13.3. The maximum atomic E-state index is 13.3. The van der Waals surface area contributed by atoms with Crippen molar-refractivity contribution >= 4 is 41.5 Å². The van der Waals surface area contributed by atoms with E-state index in [-0.39, 0.29) is 47.7 Å². The Morgan fingerprint density at radius 1 is 1.27 bits per heavy atom. The van der Waals surface area contributed by atoms with Crippen molar-refractivity contribution in [3.05, 3.63) is 59.9 Å². The zero-order valence-corrected chi connectivity index (χ0v) is 19.5. The van der Waals surface area contributed by atoms with Crippen molar-refractivity contribution in [1.82, 2.24) is 10.6 Å². The minimum atomic E-state index is -0.329. The SMILES string of the molecule is CCNC(=NCC(C)Oc1cccc(F)c1)NCC1CC(=O)Nc2ccccc21.I. The van der Waals surface area contributed by atoms with Crippen LogP contribution >= 0.6 is 24.0 Å². The van der Waals surface area contributed by atoms with Gasteiger partial charge in [-0.3, -0.25) is 4.79 Å². The predicted octanol–water partition coefficient (Wildman–Crippen LogP) is 3.89. The van der Waals surface area contributed by atoms with Gasteiger partial charge >= 0.3 is 0 Å². The Kier molecular flexibility index (Phi) is 9.35. The van der Waals surface area contributed by atoms with E-state index < -0.39 is 0 Å². The highest BCUT2D eigenvalue weighted by Gasteiger charge is 2.24. The molecular formula is C22H28FIN4O2. The minimum Gasteiger partial charge on any atom is -0.489 e. The van der Waals surface area contributed by atoms with Crippen LogP contribution in [0.3, 0.4) is 0 Å². The third-order valence-corrected chi connectivity index (χ3v) is 4.61. The van der Waals surface area contributed by atoms with Crippen LogP contribution in [0.15, 0.2) is 53.5 Å². The summed E-state index contributed by atoms with van der Waals surface area (Å²) in [5.41, 5.74) is 1.99. The summed E-state index contributed by atoms with van der Waals surface area (Å²) >= 11 is 0. The second-order valence-corrected chi connectivity index (χ2v) is 7.02. The average molecular weight is 526 g/mol. The molecule has 0 saturated heterocycles. The highest BCUT2D eigenvalue weighted by Crippen LogP contribution is 2.31. The number of halogens is 2. The first-order chi connectivity index (χ1) is 14.0. The Bertz CT molecular complexity index is 878. The number of nitrogens with one attached hydrogen (secondary N) is 3. The molecule has 2 aromatic carbocycles. The van der Waals surface area contributed by atoms with Gasteiger partial charge in [0.15, 0.2) is 5.96 Å². The average Bonchev–Trinajstić information content (AvgIpc) is 2.69. The summed E-state index contributed by atoms with van der Waals surface area (Å²) in [5.74, 6) is 0.908. The van der Waals surface area contributed by atoms with Crippen LogP contribution in [-0.4, -0.2) is 37.6 Å². The number of aliphatic imine (C=N–C) groups is 1. The smallest absolute Gasteiger partial charge is 0.225 e. The predicted molar refractivity (Wildman–Crippen MR) is 128 cm³/mol. The number of guanidine groups is 1. The summed E-state index contributed by atoms with van der Waals surface area (Å²) in [4.78, 5) is 16.6. The summed E-state index contributed by atoms with van der Waals surface area (Å²) in [6.07, 6.45) is 0.219. The molecule has 1 heterocycles. The van der Waals surface area contributed by atoms with E-state index in [1.54, 1.807) is 12.1 Å². The minimum absolute atomic E-state index is 0. The van der Waals surface area contributed by atoms with E-state index in [1.807, 2.05) is 38.1 Å². The number of hydrogen-bond donors (Lipinski definition) is 3. The lowest BCUT2D eigenvalue weighted by Gasteiger charge is -2.26. The van der Waals surface area contributed by atoms with Crippen molar-refractivity contribution in [1.29, 1.82) is 0 Å². The van der Waals surface area contributed by atoms with Crippen molar-refractivity contribution in [2.75, 3.05) is 25.0 Å². The van der Waals surface area contributed by atoms with Gasteiger partial charge in [0.25, 0.3) is 0 Å².